The summed E-state index contributed by atoms with van der Waals surface area (Å²) in [5, 5.41) is 1.26. The van der Waals surface area contributed by atoms with Crippen molar-refractivity contribution in [2.45, 2.75) is 51.3 Å². The van der Waals surface area contributed by atoms with Gasteiger partial charge in [0.15, 0.2) is 0 Å². The second-order valence-corrected chi connectivity index (χ2v) is 7.67. The summed E-state index contributed by atoms with van der Waals surface area (Å²) in [6.07, 6.45) is 10.2. The smallest absolute Gasteiger partial charge is 0.107 e. The highest BCUT2D eigenvalue weighted by molar-refractivity contribution is 7.11. The average Bonchev–Trinajstić information content (AvgIpc) is 3.25. The van der Waals surface area contributed by atoms with Crippen molar-refractivity contribution in [3.63, 3.8) is 0 Å². The first-order chi connectivity index (χ1) is 11.4. The molecule has 4 rings (SSSR count). The molecule has 1 aliphatic heterocycles. The van der Waals surface area contributed by atoms with Gasteiger partial charge < -0.3 is 4.74 Å². The van der Waals surface area contributed by atoms with Crippen LogP contribution in [0.25, 0.3) is 0 Å². The van der Waals surface area contributed by atoms with E-state index in [0.717, 1.165) is 26.2 Å². The van der Waals surface area contributed by atoms with Gasteiger partial charge in [0.1, 0.15) is 5.01 Å². The fraction of sp³-hybridized carbons (Fsp3) is 0.556. The largest absolute Gasteiger partial charge is 0.377 e. The van der Waals surface area contributed by atoms with E-state index in [1.807, 2.05) is 29.8 Å². The van der Waals surface area contributed by atoms with Crippen LogP contribution in [0.5, 0.6) is 0 Å². The lowest BCUT2D eigenvalue weighted by molar-refractivity contribution is 0.0678. The third-order valence-corrected chi connectivity index (χ3v) is 5.76. The highest BCUT2D eigenvalue weighted by atomic mass is 32.1. The molecule has 1 atom stereocenters. The van der Waals surface area contributed by atoms with Crippen LogP contribution in [0.4, 0.5) is 0 Å². The van der Waals surface area contributed by atoms with Gasteiger partial charge in [-0.25, -0.2) is 4.98 Å². The standard InChI is InChI=1S/C18H23N3OS/c1-6-16-17(7-1)23-18(20-16)13-21(12-15-5-3-9-22-15)11-14-4-2-8-19-10-14/h2,4,8,10,15H,1,3,5-7,9,11-13H2/t15-/m0/s1. The molecule has 0 radical (unpaired) electrons. The summed E-state index contributed by atoms with van der Waals surface area (Å²) >= 11 is 1.91. The molecule has 0 aromatic carbocycles. The van der Waals surface area contributed by atoms with E-state index >= 15 is 0 Å². The van der Waals surface area contributed by atoms with E-state index in [1.165, 1.54) is 53.2 Å². The third kappa shape index (κ3) is 3.79. The molecule has 0 spiro atoms. The van der Waals surface area contributed by atoms with Gasteiger partial charge >= 0.3 is 0 Å². The number of pyridine rings is 1. The molecule has 0 unspecified atom stereocenters. The van der Waals surface area contributed by atoms with Crippen LogP contribution in [-0.4, -0.2) is 34.1 Å². The number of hydrogen-bond acceptors (Lipinski definition) is 5. The first kappa shape index (κ1) is 15.2. The Morgan fingerprint density at radius 2 is 2.26 bits per heavy atom. The molecule has 4 nitrogen and oxygen atoms in total. The van der Waals surface area contributed by atoms with E-state index in [0.29, 0.717) is 6.10 Å². The molecule has 23 heavy (non-hydrogen) atoms. The summed E-state index contributed by atoms with van der Waals surface area (Å²) in [6, 6.07) is 4.16. The van der Waals surface area contributed by atoms with E-state index < -0.39 is 0 Å². The number of rotatable bonds is 6. The summed E-state index contributed by atoms with van der Waals surface area (Å²) in [4.78, 5) is 13.1. The van der Waals surface area contributed by atoms with Crippen LogP contribution < -0.4 is 0 Å². The van der Waals surface area contributed by atoms with Crippen LogP contribution in [0.2, 0.25) is 0 Å². The minimum atomic E-state index is 0.374. The molecule has 3 heterocycles. The first-order valence-corrected chi connectivity index (χ1v) is 9.39. The van der Waals surface area contributed by atoms with Crippen LogP contribution in [0, 0.1) is 0 Å². The molecule has 0 amide bonds. The predicted molar refractivity (Wildman–Crippen MR) is 91.5 cm³/mol. The summed E-state index contributed by atoms with van der Waals surface area (Å²) in [6.45, 7) is 3.74. The minimum Gasteiger partial charge on any atom is -0.377 e. The molecule has 122 valence electrons. The maximum atomic E-state index is 5.85. The van der Waals surface area contributed by atoms with Crippen molar-refractivity contribution in [3.05, 3.63) is 45.7 Å². The zero-order chi connectivity index (χ0) is 15.5. The van der Waals surface area contributed by atoms with Crippen molar-refractivity contribution < 1.29 is 4.74 Å². The van der Waals surface area contributed by atoms with E-state index in [1.54, 1.807) is 0 Å². The third-order valence-electron chi connectivity index (χ3n) is 4.61. The number of thiazole rings is 1. The van der Waals surface area contributed by atoms with Crippen LogP contribution >= 0.6 is 11.3 Å². The van der Waals surface area contributed by atoms with Crippen LogP contribution in [0.15, 0.2) is 24.5 Å². The van der Waals surface area contributed by atoms with E-state index in [9.17, 15) is 0 Å². The second kappa shape index (κ2) is 7.07. The highest BCUT2D eigenvalue weighted by Gasteiger charge is 2.22. The van der Waals surface area contributed by atoms with Crippen molar-refractivity contribution in [1.82, 2.24) is 14.9 Å². The molecule has 2 aliphatic rings. The van der Waals surface area contributed by atoms with Gasteiger partial charge in [0.2, 0.25) is 0 Å². The molecule has 1 fully saturated rings. The average molecular weight is 329 g/mol. The lowest BCUT2D eigenvalue weighted by Crippen LogP contribution is -2.31. The molecule has 1 saturated heterocycles. The van der Waals surface area contributed by atoms with Crippen molar-refractivity contribution in [2.24, 2.45) is 0 Å². The molecule has 2 aromatic rings. The molecular formula is C18H23N3OS. The van der Waals surface area contributed by atoms with Crippen LogP contribution in [0.3, 0.4) is 0 Å². The lowest BCUT2D eigenvalue weighted by atomic mass is 10.2. The monoisotopic (exact) mass is 329 g/mol. The van der Waals surface area contributed by atoms with E-state index in [2.05, 4.69) is 16.0 Å². The number of hydrogen-bond donors (Lipinski definition) is 0. The second-order valence-electron chi connectivity index (χ2n) is 6.50. The Hall–Kier alpha value is -1.30. The Morgan fingerprint density at radius 3 is 3.04 bits per heavy atom. The van der Waals surface area contributed by atoms with Crippen LogP contribution in [0.1, 0.15) is 40.4 Å². The zero-order valence-electron chi connectivity index (χ0n) is 13.4. The van der Waals surface area contributed by atoms with Gasteiger partial charge in [0.25, 0.3) is 0 Å². The Bertz CT molecular complexity index is 615. The summed E-state index contributed by atoms with van der Waals surface area (Å²) in [7, 11) is 0. The normalized spacial score (nSPS) is 20.3. The van der Waals surface area contributed by atoms with Crippen LogP contribution in [-0.2, 0) is 30.7 Å². The maximum absolute atomic E-state index is 5.85. The molecule has 2 aromatic heterocycles. The maximum Gasteiger partial charge on any atom is 0.107 e. The Balaban J connectivity index is 1.46. The summed E-state index contributed by atoms with van der Waals surface area (Å²) in [5.74, 6) is 0. The quantitative estimate of drug-likeness (QED) is 0.816. The number of ether oxygens (including phenoxy) is 1. The predicted octanol–water partition coefficient (Wildman–Crippen LogP) is 3.21. The zero-order valence-corrected chi connectivity index (χ0v) is 14.2. The van der Waals surface area contributed by atoms with Crippen molar-refractivity contribution >= 4 is 11.3 Å². The molecule has 0 saturated carbocycles. The topological polar surface area (TPSA) is 38.2 Å². The number of fused-ring (bicyclic) bond motifs is 1. The molecular weight excluding hydrogens is 306 g/mol. The first-order valence-electron chi connectivity index (χ1n) is 8.57. The highest BCUT2D eigenvalue weighted by Crippen LogP contribution is 2.28. The number of aryl methyl sites for hydroxylation is 2. The fourth-order valence-corrected chi connectivity index (χ4v) is 4.71. The summed E-state index contributed by atoms with van der Waals surface area (Å²) in [5.41, 5.74) is 2.61. The number of nitrogens with zero attached hydrogens (tertiary/aromatic N) is 3. The molecule has 0 bridgehead atoms. The fourth-order valence-electron chi connectivity index (χ4n) is 3.51. The number of aromatic nitrogens is 2. The van der Waals surface area contributed by atoms with Crippen molar-refractivity contribution in [1.29, 1.82) is 0 Å². The van der Waals surface area contributed by atoms with Gasteiger partial charge in [-0.05, 0) is 43.7 Å². The van der Waals surface area contributed by atoms with Crippen molar-refractivity contribution in [2.75, 3.05) is 13.2 Å². The Kier molecular flexibility index (Phi) is 4.69. The van der Waals surface area contributed by atoms with Gasteiger partial charge in [-0.15, -0.1) is 11.3 Å². The van der Waals surface area contributed by atoms with Gasteiger partial charge in [-0.2, -0.15) is 0 Å². The van der Waals surface area contributed by atoms with Gasteiger partial charge in [-0.3, -0.25) is 9.88 Å². The van der Waals surface area contributed by atoms with E-state index in [4.69, 9.17) is 9.72 Å². The SMILES string of the molecule is c1cncc(CN(Cc2nc3c(s2)CCC3)C[C@@H]2CCCO2)c1. The van der Waals surface area contributed by atoms with Gasteiger partial charge in [0, 0.05) is 37.0 Å². The lowest BCUT2D eigenvalue weighted by Gasteiger charge is -2.24. The molecule has 1 aliphatic carbocycles. The molecule has 0 N–H and O–H groups in total. The molecule has 5 heteroatoms. The van der Waals surface area contributed by atoms with Crippen molar-refractivity contribution in [3.8, 4) is 0 Å². The Labute approximate surface area is 141 Å². The summed E-state index contributed by atoms with van der Waals surface area (Å²) < 4.78 is 5.85. The Morgan fingerprint density at radius 1 is 1.26 bits per heavy atom. The van der Waals surface area contributed by atoms with E-state index in [-0.39, 0.29) is 0 Å². The minimum absolute atomic E-state index is 0.374. The van der Waals surface area contributed by atoms with Gasteiger partial charge in [-0.1, -0.05) is 6.07 Å². The van der Waals surface area contributed by atoms with Gasteiger partial charge in [0.05, 0.1) is 18.3 Å².